The summed E-state index contributed by atoms with van der Waals surface area (Å²) in [5.41, 5.74) is 0. The molecule has 3 N–H and O–H groups in total. The first-order chi connectivity index (χ1) is 31.7. The fraction of sp³-hybridized carbons (Fsp3) is 0.915. The molecule has 390 valence electrons. The maximum Gasteiger partial charge on any atom is 0.472 e. The Morgan fingerprint density at radius 1 is 0.364 bits per heavy atom. The van der Waals surface area contributed by atoms with Gasteiger partial charge in [0.2, 0.25) is 0 Å². The van der Waals surface area contributed by atoms with Crippen molar-refractivity contribution in [1.82, 2.24) is 0 Å². The third-order valence-corrected chi connectivity index (χ3v) is 12.5. The summed E-state index contributed by atoms with van der Waals surface area (Å²) < 4.78 is 66.6. The van der Waals surface area contributed by atoms with E-state index < -0.39 is 97.5 Å². The molecule has 2 unspecified atom stereocenters. The Balaban J connectivity index is 5.12. The quantitative estimate of drug-likeness (QED) is 0.0222. The zero-order valence-electron chi connectivity index (χ0n) is 41.1. The number of phosphoric ester groups is 2. The molecule has 0 spiro atoms. The first-order valence-corrected chi connectivity index (χ1v) is 28.3. The standard InChI is InChI=1S/C47H90O17P2/c1-5-9-13-16-18-20-22-25-28-32-45(50)58-38-43(64-47(52)34-30-26-23-21-19-17-14-10-6-2)40-62-66(55,56)60-36-41(48)35-59-65(53,54)61-39-42(37-57-44(49)31-27-12-8-4)63-46(51)33-29-24-15-11-7-3/h41-43,48H,5-40H2,1-4H3,(H,53,54)(H,55,56)/t41-,42+,43+/m0/s1. The Kier molecular flexibility index (Phi) is 41.8. The summed E-state index contributed by atoms with van der Waals surface area (Å²) in [6.07, 6.45) is 22.4. The molecule has 19 heteroatoms. The molecule has 0 aromatic heterocycles. The van der Waals surface area contributed by atoms with E-state index in [0.717, 1.165) is 83.5 Å². The monoisotopic (exact) mass is 989 g/mol. The van der Waals surface area contributed by atoms with Crippen LogP contribution in [0.5, 0.6) is 0 Å². The van der Waals surface area contributed by atoms with Crippen LogP contribution in [0.2, 0.25) is 0 Å². The van der Waals surface area contributed by atoms with Crippen molar-refractivity contribution in [3.63, 3.8) is 0 Å². The van der Waals surface area contributed by atoms with Crippen LogP contribution in [0.15, 0.2) is 0 Å². The van der Waals surface area contributed by atoms with Gasteiger partial charge in [-0.2, -0.15) is 0 Å². The zero-order chi connectivity index (χ0) is 49.2. The van der Waals surface area contributed by atoms with E-state index in [4.69, 9.17) is 37.0 Å². The highest BCUT2D eigenvalue weighted by atomic mass is 31.2. The predicted molar refractivity (Wildman–Crippen MR) is 252 cm³/mol. The lowest BCUT2D eigenvalue weighted by Crippen LogP contribution is -2.30. The van der Waals surface area contributed by atoms with E-state index in [1.807, 2.05) is 6.92 Å². The molecule has 0 amide bonds. The Hall–Kier alpha value is -1.94. The van der Waals surface area contributed by atoms with Gasteiger partial charge in [-0.1, -0.05) is 169 Å². The maximum absolute atomic E-state index is 12.8. The van der Waals surface area contributed by atoms with Crippen LogP contribution in [-0.2, 0) is 65.4 Å². The molecular weight excluding hydrogens is 898 g/mol. The number of aliphatic hydroxyl groups is 1. The Morgan fingerprint density at radius 3 is 0.924 bits per heavy atom. The fourth-order valence-electron chi connectivity index (χ4n) is 6.63. The Labute approximate surface area is 397 Å². The van der Waals surface area contributed by atoms with Crippen molar-refractivity contribution in [2.45, 2.75) is 239 Å². The molecule has 17 nitrogen and oxygen atoms in total. The molecule has 66 heavy (non-hydrogen) atoms. The first kappa shape index (κ1) is 64.1. The van der Waals surface area contributed by atoms with Gasteiger partial charge in [-0.15, -0.1) is 0 Å². The first-order valence-electron chi connectivity index (χ1n) is 25.3. The van der Waals surface area contributed by atoms with Crippen molar-refractivity contribution >= 4 is 39.5 Å². The summed E-state index contributed by atoms with van der Waals surface area (Å²) >= 11 is 0. The highest BCUT2D eigenvalue weighted by Gasteiger charge is 2.30. The minimum atomic E-state index is -4.92. The van der Waals surface area contributed by atoms with Crippen molar-refractivity contribution in [2.75, 3.05) is 39.6 Å². The molecule has 0 bridgehead atoms. The number of hydrogen-bond acceptors (Lipinski definition) is 15. The van der Waals surface area contributed by atoms with Crippen LogP contribution in [0.1, 0.15) is 220 Å². The van der Waals surface area contributed by atoms with Crippen LogP contribution in [0.4, 0.5) is 0 Å². The van der Waals surface area contributed by atoms with Gasteiger partial charge in [-0.05, 0) is 25.7 Å². The second-order valence-electron chi connectivity index (χ2n) is 17.1. The Bertz CT molecular complexity index is 1320. The molecule has 0 aromatic carbocycles. The van der Waals surface area contributed by atoms with E-state index in [1.165, 1.54) is 57.8 Å². The summed E-state index contributed by atoms with van der Waals surface area (Å²) in [4.78, 5) is 70.5. The number of unbranched alkanes of at least 4 members (excludes halogenated alkanes) is 22. The third-order valence-electron chi connectivity index (χ3n) is 10.6. The van der Waals surface area contributed by atoms with Gasteiger partial charge in [-0.3, -0.25) is 37.3 Å². The van der Waals surface area contributed by atoms with Crippen LogP contribution in [0, 0.1) is 0 Å². The van der Waals surface area contributed by atoms with Gasteiger partial charge < -0.3 is 33.8 Å². The van der Waals surface area contributed by atoms with Gasteiger partial charge in [0.25, 0.3) is 0 Å². The molecule has 0 aromatic rings. The Morgan fingerprint density at radius 2 is 0.606 bits per heavy atom. The van der Waals surface area contributed by atoms with Crippen molar-refractivity contribution in [2.24, 2.45) is 0 Å². The minimum absolute atomic E-state index is 0.0979. The summed E-state index contributed by atoms with van der Waals surface area (Å²) in [5.74, 6) is -2.20. The number of hydrogen-bond donors (Lipinski definition) is 3. The average Bonchev–Trinajstić information content (AvgIpc) is 3.28. The van der Waals surface area contributed by atoms with Gasteiger partial charge in [0.15, 0.2) is 12.2 Å². The predicted octanol–water partition coefficient (Wildman–Crippen LogP) is 11.3. The van der Waals surface area contributed by atoms with Crippen molar-refractivity contribution in [3.05, 3.63) is 0 Å². The SMILES string of the molecule is CCCCCCCCCCCC(=O)OC[C@H](COP(=O)(O)OC[C@@H](O)COP(=O)(O)OC[C@@H](COC(=O)CCCCC)OC(=O)CCCCCCC)OC(=O)CCCCCCCCCCC. The second-order valence-corrected chi connectivity index (χ2v) is 20.0. The minimum Gasteiger partial charge on any atom is -0.462 e. The van der Waals surface area contributed by atoms with E-state index in [9.17, 15) is 43.2 Å². The molecule has 0 aliphatic heterocycles. The van der Waals surface area contributed by atoms with E-state index in [2.05, 4.69) is 20.8 Å². The van der Waals surface area contributed by atoms with Crippen molar-refractivity contribution in [1.29, 1.82) is 0 Å². The number of ether oxygens (including phenoxy) is 4. The van der Waals surface area contributed by atoms with Crippen LogP contribution in [-0.4, -0.2) is 96.7 Å². The number of carbonyl (C=O) groups is 4. The van der Waals surface area contributed by atoms with Crippen LogP contribution >= 0.6 is 15.6 Å². The van der Waals surface area contributed by atoms with Crippen LogP contribution < -0.4 is 0 Å². The smallest absolute Gasteiger partial charge is 0.462 e. The lowest BCUT2D eigenvalue weighted by Gasteiger charge is -2.21. The molecule has 0 heterocycles. The number of carbonyl (C=O) groups excluding carboxylic acids is 4. The van der Waals surface area contributed by atoms with Gasteiger partial charge in [0.05, 0.1) is 26.4 Å². The summed E-state index contributed by atoms with van der Waals surface area (Å²) in [7, 11) is -9.82. The summed E-state index contributed by atoms with van der Waals surface area (Å²) in [6.45, 7) is 4.45. The van der Waals surface area contributed by atoms with Crippen molar-refractivity contribution in [3.8, 4) is 0 Å². The summed E-state index contributed by atoms with van der Waals surface area (Å²) in [6, 6.07) is 0. The highest BCUT2D eigenvalue weighted by molar-refractivity contribution is 7.47. The van der Waals surface area contributed by atoms with E-state index in [1.54, 1.807) is 0 Å². The molecule has 0 saturated carbocycles. The maximum atomic E-state index is 12.8. The second kappa shape index (κ2) is 43.1. The lowest BCUT2D eigenvalue weighted by atomic mass is 10.1. The van der Waals surface area contributed by atoms with Gasteiger partial charge in [0, 0.05) is 25.7 Å². The third kappa shape index (κ3) is 42.2. The van der Waals surface area contributed by atoms with Crippen LogP contribution in [0.3, 0.4) is 0 Å². The number of aliphatic hydroxyl groups excluding tert-OH is 1. The van der Waals surface area contributed by atoms with E-state index >= 15 is 0 Å². The van der Waals surface area contributed by atoms with Gasteiger partial charge >= 0.3 is 39.5 Å². The van der Waals surface area contributed by atoms with E-state index in [-0.39, 0.29) is 25.7 Å². The topological polar surface area (TPSA) is 237 Å². The fourth-order valence-corrected chi connectivity index (χ4v) is 8.21. The molecule has 0 fully saturated rings. The number of phosphoric acid groups is 2. The molecule has 0 rings (SSSR count). The number of rotatable bonds is 48. The molecular formula is C47H90O17P2. The largest absolute Gasteiger partial charge is 0.472 e. The normalized spacial score (nSPS) is 14.7. The molecule has 0 radical (unpaired) electrons. The van der Waals surface area contributed by atoms with Gasteiger partial charge in [0.1, 0.15) is 19.3 Å². The molecule has 0 aliphatic carbocycles. The molecule has 0 aliphatic rings. The van der Waals surface area contributed by atoms with E-state index in [0.29, 0.717) is 25.7 Å². The molecule has 0 saturated heterocycles. The average molecular weight is 989 g/mol. The molecule has 5 atom stereocenters. The zero-order valence-corrected chi connectivity index (χ0v) is 42.9. The lowest BCUT2D eigenvalue weighted by molar-refractivity contribution is -0.161. The highest BCUT2D eigenvalue weighted by Crippen LogP contribution is 2.45. The van der Waals surface area contributed by atoms with Crippen molar-refractivity contribution < 1.29 is 80.2 Å². The van der Waals surface area contributed by atoms with Gasteiger partial charge in [-0.25, -0.2) is 9.13 Å². The summed E-state index contributed by atoms with van der Waals surface area (Å²) in [5, 5.41) is 10.4. The number of esters is 4. The van der Waals surface area contributed by atoms with Crippen LogP contribution in [0.25, 0.3) is 0 Å².